The smallest absolute Gasteiger partial charge is 0.134 e. The third-order valence-electron chi connectivity index (χ3n) is 3.46. The first kappa shape index (κ1) is 13.3. The SMILES string of the molecule is Cc1c(C(N)c2ccc(Br)cc2F)oc2ccccc12. The van der Waals surface area contributed by atoms with Gasteiger partial charge < -0.3 is 10.2 Å². The molecule has 0 saturated carbocycles. The zero-order valence-electron chi connectivity index (χ0n) is 10.9. The van der Waals surface area contributed by atoms with Gasteiger partial charge >= 0.3 is 0 Å². The summed E-state index contributed by atoms with van der Waals surface area (Å²) >= 11 is 3.24. The van der Waals surface area contributed by atoms with E-state index in [0.717, 1.165) is 16.5 Å². The molecule has 0 bridgehead atoms. The van der Waals surface area contributed by atoms with Crippen molar-refractivity contribution in [3.05, 3.63) is 69.6 Å². The molecule has 20 heavy (non-hydrogen) atoms. The van der Waals surface area contributed by atoms with E-state index in [-0.39, 0.29) is 5.82 Å². The molecule has 0 amide bonds. The standard InChI is InChI=1S/C16H13BrFNO/c1-9-11-4-2-3-5-14(11)20-16(9)15(19)12-7-6-10(17)8-13(12)18/h2-8,15H,19H2,1H3. The molecule has 0 aliphatic rings. The van der Waals surface area contributed by atoms with Crippen LogP contribution in [0.2, 0.25) is 0 Å². The molecule has 1 heterocycles. The summed E-state index contributed by atoms with van der Waals surface area (Å²) in [7, 11) is 0. The first-order valence-electron chi connectivity index (χ1n) is 6.26. The van der Waals surface area contributed by atoms with Crippen LogP contribution in [0.1, 0.15) is 22.9 Å². The van der Waals surface area contributed by atoms with E-state index in [9.17, 15) is 4.39 Å². The fraction of sp³-hybridized carbons (Fsp3) is 0.125. The number of hydrogen-bond donors (Lipinski definition) is 1. The van der Waals surface area contributed by atoms with Crippen LogP contribution in [0.15, 0.2) is 51.4 Å². The molecule has 2 N–H and O–H groups in total. The van der Waals surface area contributed by atoms with Crippen LogP contribution < -0.4 is 5.73 Å². The number of para-hydroxylation sites is 1. The predicted molar refractivity (Wildman–Crippen MR) is 81.1 cm³/mol. The Morgan fingerprint density at radius 2 is 1.95 bits per heavy atom. The van der Waals surface area contributed by atoms with Crippen molar-refractivity contribution in [3.63, 3.8) is 0 Å². The van der Waals surface area contributed by atoms with Gasteiger partial charge in [0.15, 0.2) is 0 Å². The highest BCUT2D eigenvalue weighted by atomic mass is 79.9. The number of aryl methyl sites for hydroxylation is 1. The van der Waals surface area contributed by atoms with Gasteiger partial charge in [-0.15, -0.1) is 0 Å². The Morgan fingerprint density at radius 1 is 1.20 bits per heavy atom. The molecule has 3 rings (SSSR count). The largest absolute Gasteiger partial charge is 0.459 e. The third-order valence-corrected chi connectivity index (χ3v) is 3.95. The molecule has 1 unspecified atom stereocenters. The third kappa shape index (κ3) is 2.15. The second-order valence-corrected chi connectivity index (χ2v) is 5.65. The first-order chi connectivity index (χ1) is 9.58. The van der Waals surface area contributed by atoms with Crippen LogP contribution in [0, 0.1) is 12.7 Å². The average Bonchev–Trinajstić information content (AvgIpc) is 2.76. The van der Waals surface area contributed by atoms with Crippen LogP contribution in [0.5, 0.6) is 0 Å². The molecule has 0 aliphatic heterocycles. The van der Waals surface area contributed by atoms with E-state index in [2.05, 4.69) is 15.9 Å². The number of hydrogen-bond acceptors (Lipinski definition) is 2. The Kier molecular flexibility index (Phi) is 3.36. The van der Waals surface area contributed by atoms with Gasteiger partial charge in [0, 0.05) is 21.0 Å². The molecule has 4 heteroatoms. The van der Waals surface area contributed by atoms with Gasteiger partial charge in [0.25, 0.3) is 0 Å². The Bertz CT molecular complexity index is 781. The van der Waals surface area contributed by atoms with E-state index >= 15 is 0 Å². The lowest BCUT2D eigenvalue weighted by molar-refractivity contribution is 0.506. The van der Waals surface area contributed by atoms with Gasteiger partial charge in [-0.1, -0.05) is 40.2 Å². The number of rotatable bonds is 2. The first-order valence-corrected chi connectivity index (χ1v) is 7.06. The van der Waals surface area contributed by atoms with Gasteiger partial charge in [-0.25, -0.2) is 4.39 Å². The summed E-state index contributed by atoms with van der Waals surface area (Å²) in [5, 5.41) is 1.01. The van der Waals surface area contributed by atoms with Gasteiger partial charge in [-0.3, -0.25) is 0 Å². The van der Waals surface area contributed by atoms with Crippen molar-refractivity contribution in [2.24, 2.45) is 5.73 Å². The highest BCUT2D eigenvalue weighted by molar-refractivity contribution is 9.10. The summed E-state index contributed by atoms with van der Waals surface area (Å²) in [6, 6.07) is 12.0. The molecule has 0 saturated heterocycles. The predicted octanol–water partition coefficient (Wildman–Crippen LogP) is 4.69. The second kappa shape index (κ2) is 5.04. The van der Waals surface area contributed by atoms with Crippen molar-refractivity contribution in [3.8, 4) is 0 Å². The molecule has 0 aliphatic carbocycles. The van der Waals surface area contributed by atoms with Gasteiger partial charge in [0.1, 0.15) is 17.2 Å². The zero-order valence-corrected chi connectivity index (χ0v) is 12.4. The van der Waals surface area contributed by atoms with Crippen molar-refractivity contribution >= 4 is 26.9 Å². The Hall–Kier alpha value is -1.65. The van der Waals surface area contributed by atoms with Crippen LogP contribution in [-0.4, -0.2) is 0 Å². The van der Waals surface area contributed by atoms with E-state index < -0.39 is 6.04 Å². The molecular formula is C16H13BrFNO. The molecular weight excluding hydrogens is 321 g/mol. The minimum atomic E-state index is -0.615. The fourth-order valence-electron chi connectivity index (χ4n) is 2.38. The Morgan fingerprint density at radius 3 is 2.65 bits per heavy atom. The maximum atomic E-state index is 14.0. The summed E-state index contributed by atoms with van der Waals surface area (Å²) < 4.78 is 20.5. The monoisotopic (exact) mass is 333 g/mol. The molecule has 102 valence electrons. The minimum Gasteiger partial charge on any atom is -0.459 e. The van der Waals surface area contributed by atoms with E-state index in [1.807, 2.05) is 31.2 Å². The Balaban J connectivity index is 2.12. The second-order valence-electron chi connectivity index (χ2n) is 4.73. The molecule has 1 atom stereocenters. The summed E-state index contributed by atoms with van der Waals surface area (Å²) in [4.78, 5) is 0. The lowest BCUT2D eigenvalue weighted by Gasteiger charge is -2.11. The highest BCUT2D eigenvalue weighted by Gasteiger charge is 2.21. The van der Waals surface area contributed by atoms with Crippen LogP contribution in [0.4, 0.5) is 4.39 Å². The molecule has 3 aromatic rings. The summed E-state index contributed by atoms with van der Waals surface area (Å²) in [5.74, 6) is 0.263. The van der Waals surface area contributed by atoms with E-state index in [0.29, 0.717) is 15.8 Å². The fourth-order valence-corrected chi connectivity index (χ4v) is 2.72. The molecule has 0 fully saturated rings. The van der Waals surface area contributed by atoms with Crippen LogP contribution in [-0.2, 0) is 0 Å². The van der Waals surface area contributed by atoms with Crippen molar-refractivity contribution in [2.45, 2.75) is 13.0 Å². The number of nitrogens with two attached hydrogens (primary N) is 1. The lowest BCUT2D eigenvalue weighted by Crippen LogP contribution is -2.13. The minimum absolute atomic E-state index is 0.341. The quantitative estimate of drug-likeness (QED) is 0.738. The van der Waals surface area contributed by atoms with Crippen LogP contribution in [0.25, 0.3) is 11.0 Å². The van der Waals surface area contributed by atoms with Crippen LogP contribution in [0.3, 0.4) is 0 Å². The molecule has 0 spiro atoms. The van der Waals surface area contributed by atoms with Crippen LogP contribution >= 0.6 is 15.9 Å². The maximum Gasteiger partial charge on any atom is 0.134 e. The maximum absolute atomic E-state index is 14.0. The average molecular weight is 334 g/mol. The number of benzene rings is 2. The number of furan rings is 1. The van der Waals surface area contributed by atoms with Crippen molar-refractivity contribution in [2.75, 3.05) is 0 Å². The molecule has 0 radical (unpaired) electrons. The van der Waals surface area contributed by atoms with Crippen molar-refractivity contribution < 1.29 is 8.81 Å². The highest BCUT2D eigenvalue weighted by Crippen LogP contribution is 2.32. The Labute approximate surface area is 124 Å². The zero-order chi connectivity index (χ0) is 14.3. The summed E-state index contributed by atoms with van der Waals surface area (Å²) in [5.41, 5.74) is 8.33. The summed E-state index contributed by atoms with van der Waals surface area (Å²) in [6.45, 7) is 1.94. The van der Waals surface area contributed by atoms with Gasteiger partial charge in [0.2, 0.25) is 0 Å². The van der Waals surface area contributed by atoms with Crippen molar-refractivity contribution in [1.82, 2.24) is 0 Å². The molecule has 2 aromatic carbocycles. The summed E-state index contributed by atoms with van der Waals surface area (Å²) in [6.07, 6.45) is 0. The number of halogens is 2. The van der Waals surface area contributed by atoms with Gasteiger partial charge in [-0.05, 0) is 25.1 Å². The van der Waals surface area contributed by atoms with Gasteiger partial charge in [0.05, 0.1) is 6.04 Å². The van der Waals surface area contributed by atoms with Crippen molar-refractivity contribution in [1.29, 1.82) is 0 Å². The molecule has 1 aromatic heterocycles. The topological polar surface area (TPSA) is 39.2 Å². The van der Waals surface area contributed by atoms with E-state index in [1.54, 1.807) is 12.1 Å². The molecule has 2 nitrogen and oxygen atoms in total. The van der Waals surface area contributed by atoms with Gasteiger partial charge in [-0.2, -0.15) is 0 Å². The lowest BCUT2D eigenvalue weighted by atomic mass is 10.0. The van der Waals surface area contributed by atoms with E-state index in [1.165, 1.54) is 6.07 Å². The van der Waals surface area contributed by atoms with E-state index in [4.69, 9.17) is 10.2 Å². The number of fused-ring (bicyclic) bond motifs is 1. The normalized spacial score (nSPS) is 12.8.